The van der Waals surface area contributed by atoms with Gasteiger partial charge in [-0.05, 0) is 47.0 Å². The molecule has 3 aromatic rings. The number of rotatable bonds is 7. The van der Waals surface area contributed by atoms with Gasteiger partial charge in [-0.1, -0.05) is 48.0 Å². The van der Waals surface area contributed by atoms with E-state index in [0.717, 1.165) is 16.7 Å². The van der Waals surface area contributed by atoms with Gasteiger partial charge in [0, 0.05) is 50.3 Å². The number of amides is 1. The van der Waals surface area contributed by atoms with Crippen LogP contribution in [0.1, 0.15) is 15.9 Å². The van der Waals surface area contributed by atoms with Gasteiger partial charge in [0.1, 0.15) is 10.4 Å². The number of hydrogen-bond acceptors (Lipinski definition) is 5. The first-order valence-electron chi connectivity index (χ1n) is 11.1. The third-order valence-corrected chi connectivity index (χ3v) is 8.18. The highest BCUT2D eigenvalue weighted by molar-refractivity contribution is 7.90. The maximum atomic E-state index is 13.2. The summed E-state index contributed by atoms with van der Waals surface area (Å²) in [7, 11) is -3.66. The maximum absolute atomic E-state index is 13.2. The van der Waals surface area contributed by atoms with Crippen molar-refractivity contribution in [2.24, 2.45) is 0 Å². The first kappa shape index (κ1) is 24.8. The summed E-state index contributed by atoms with van der Waals surface area (Å²) < 4.78 is 27.8. The molecule has 0 saturated carbocycles. The fourth-order valence-corrected chi connectivity index (χ4v) is 5.49. The van der Waals surface area contributed by atoms with Crippen LogP contribution in [0.5, 0.6) is 0 Å². The second kappa shape index (κ2) is 10.9. The summed E-state index contributed by atoms with van der Waals surface area (Å²) in [5.41, 5.74) is 3.33. The molecule has 1 aromatic carbocycles. The van der Waals surface area contributed by atoms with Crippen molar-refractivity contribution in [2.75, 3.05) is 26.2 Å². The Balaban J connectivity index is 1.38. The highest BCUT2D eigenvalue weighted by Crippen LogP contribution is 2.21. The topological polar surface area (TPSA) is 83.5 Å². The molecule has 1 aliphatic heterocycles. The van der Waals surface area contributed by atoms with Crippen LogP contribution in [-0.2, 0) is 10.0 Å². The zero-order chi connectivity index (χ0) is 24.8. The van der Waals surface area contributed by atoms with Crippen LogP contribution in [0.4, 0.5) is 0 Å². The van der Waals surface area contributed by atoms with Crippen LogP contribution in [0, 0.1) is 0 Å². The number of carbonyl (C=O) groups excluding carboxylic acids is 1. The average Bonchev–Trinajstić information content (AvgIpc) is 2.90. The lowest BCUT2D eigenvalue weighted by molar-refractivity contribution is 0.0698. The van der Waals surface area contributed by atoms with Crippen molar-refractivity contribution in [3.05, 3.63) is 102 Å². The summed E-state index contributed by atoms with van der Waals surface area (Å²) >= 11 is 5.80. The van der Waals surface area contributed by atoms with E-state index in [1.54, 1.807) is 59.9 Å². The van der Waals surface area contributed by atoms with Gasteiger partial charge in [0.05, 0.1) is 0 Å². The molecule has 1 saturated heterocycles. The van der Waals surface area contributed by atoms with Gasteiger partial charge >= 0.3 is 0 Å². The number of pyridine rings is 2. The fraction of sp³-hybridized carbons (Fsp3) is 0.192. The second-order valence-corrected chi connectivity index (χ2v) is 10.5. The zero-order valence-electron chi connectivity index (χ0n) is 19.0. The van der Waals surface area contributed by atoms with Gasteiger partial charge in [0.25, 0.3) is 5.91 Å². The largest absolute Gasteiger partial charge is 0.336 e. The quantitative estimate of drug-likeness (QED) is 0.353. The summed E-state index contributed by atoms with van der Waals surface area (Å²) in [6, 6.07) is 14.6. The average molecular weight is 509 g/mol. The lowest BCUT2D eigenvalue weighted by atomic mass is 10.0. The van der Waals surface area contributed by atoms with E-state index < -0.39 is 15.3 Å². The molecule has 0 aliphatic carbocycles. The lowest BCUT2D eigenvalue weighted by Crippen LogP contribution is -2.52. The van der Waals surface area contributed by atoms with Crippen molar-refractivity contribution in [1.82, 2.24) is 19.2 Å². The van der Waals surface area contributed by atoms with Gasteiger partial charge in [-0.2, -0.15) is 4.31 Å². The van der Waals surface area contributed by atoms with Crippen molar-refractivity contribution in [3.8, 4) is 11.1 Å². The maximum Gasteiger partial charge on any atom is 0.253 e. The van der Waals surface area contributed by atoms with Crippen molar-refractivity contribution in [1.29, 1.82) is 0 Å². The molecule has 0 radical (unpaired) electrons. The Bertz CT molecular complexity index is 1300. The van der Waals surface area contributed by atoms with Gasteiger partial charge in [-0.25, -0.2) is 13.4 Å². The number of benzene rings is 1. The van der Waals surface area contributed by atoms with E-state index in [9.17, 15) is 13.2 Å². The van der Waals surface area contributed by atoms with Gasteiger partial charge in [0.2, 0.25) is 10.0 Å². The van der Waals surface area contributed by atoms with Crippen molar-refractivity contribution in [2.45, 2.75) is 5.25 Å². The number of piperazine rings is 1. The van der Waals surface area contributed by atoms with Crippen molar-refractivity contribution < 1.29 is 13.2 Å². The predicted octanol–water partition coefficient (Wildman–Crippen LogP) is 4.15. The molecule has 0 spiro atoms. The van der Waals surface area contributed by atoms with Crippen LogP contribution in [0.25, 0.3) is 17.2 Å². The monoisotopic (exact) mass is 508 g/mol. The fourth-order valence-electron chi connectivity index (χ4n) is 3.84. The normalized spacial score (nSPS) is 15.7. The smallest absolute Gasteiger partial charge is 0.253 e. The van der Waals surface area contributed by atoms with Crippen LogP contribution in [0.2, 0.25) is 5.15 Å². The molecular formula is C26H25ClN4O3S. The Hall–Kier alpha value is -3.33. The number of halogens is 1. The van der Waals surface area contributed by atoms with Crippen molar-refractivity contribution in [3.63, 3.8) is 0 Å². The Morgan fingerprint density at radius 3 is 2.23 bits per heavy atom. The first-order valence-corrected chi connectivity index (χ1v) is 13.0. The van der Waals surface area contributed by atoms with E-state index in [4.69, 9.17) is 11.6 Å². The molecule has 2 aromatic heterocycles. The summed E-state index contributed by atoms with van der Waals surface area (Å²) in [6.07, 6.45) is 9.68. The molecule has 0 bridgehead atoms. The number of aromatic nitrogens is 2. The SMILES string of the molecule is C=CC(/C=C/c1ccc(Cl)nc1)S(=O)(=O)N1CCN(C(=O)c2ccc(-c3ccncc3)cc2)CC1. The molecule has 0 N–H and O–H groups in total. The molecule has 35 heavy (non-hydrogen) atoms. The Morgan fingerprint density at radius 2 is 1.63 bits per heavy atom. The van der Waals surface area contributed by atoms with Crippen LogP contribution in [0.15, 0.2) is 85.9 Å². The van der Waals surface area contributed by atoms with Crippen molar-refractivity contribution >= 4 is 33.6 Å². The molecule has 9 heteroatoms. The standard InChI is InChI=1S/C26H25ClN4O3S/c1-2-24(9-3-20-4-10-25(27)29-19-20)35(33,34)31-17-15-30(16-18-31)26(32)23-7-5-21(6-8-23)22-11-13-28-14-12-22/h2-14,19,24H,1,15-18H2/b9-3+. The molecule has 7 nitrogen and oxygen atoms in total. The van der Waals surface area contributed by atoms with E-state index >= 15 is 0 Å². The van der Waals surface area contributed by atoms with Gasteiger partial charge < -0.3 is 4.90 Å². The molecule has 1 amide bonds. The molecule has 3 heterocycles. The van der Waals surface area contributed by atoms with Gasteiger partial charge in [-0.15, -0.1) is 6.58 Å². The summed E-state index contributed by atoms with van der Waals surface area (Å²) in [5, 5.41) is -0.520. The third kappa shape index (κ3) is 5.85. The Labute approximate surface area is 210 Å². The highest BCUT2D eigenvalue weighted by Gasteiger charge is 2.32. The number of hydrogen-bond donors (Lipinski definition) is 0. The van der Waals surface area contributed by atoms with E-state index in [-0.39, 0.29) is 19.0 Å². The highest BCUT2D eigenvalue weighted by atomic mass is 35.5. The van der Waals surface area contributed by atoms with Gasteiger partial charge in [-0.3, -0.25) is 9.78 Å². The first-order chi connectivity index (χ1) is 16.9. The lowest BCUT2D eigenvalue weighted by Gasteiger charge is -2.35. The Kier molecular flexibility index (Phi) is 7.75. The van der Waals surface area contributed by atoms with Crippen LogP contribution in [-0.4, -0.2) is 64.9 Å². The van der Waals surface area contributed by atoms with Crippen LogP contribution in [0.3, 0.4) is 0 Å². The summed E-state index contributed by atoms with van der Waals surface area (Å²) in [4.78, 5) is 22.7. The van der Waals surface area contributed by atoms with Crippen LogP contribution < -0.4 is 0 Å². The molecule has 1 fully saturated rings. The molecule has 1 unspecified atom stereocenters. The summed E-state index contributed by atoms with van der Waals surface area (Å²) in [6.45, 7) is 4.79. The molecule has 1 aliphatic rings. The van der Waals surface area contributed by atoms with E-state index in [2.05, 4.69) is 16.5 Å². The zero-order valence-corrected chi connectivity index (χ0v) is 20.6. The van der Waals surface area contributed by atoms with E-state index in [0.29, 0.717) is 23.8 Å². The molecule has 180 valence electrons. The predicted molar refractivity (Wildman–Crippen MR) is 138 cm³/mol. The number of carbonyl (C=O) groups is 1. The second-order valence-electron chi connectivity index (χ2n) is 8.02. The van der Waals surface area contributed by atoms with E-state index in [1.165, 1.54) is 10.4 Å². The molecular weight excluding hydrogens is 484 g/mol. The van der Waals surface area contributed by atoms with Gasteiger partial charge in [0.15, 0.2) is 0 Å². The molecule has 1 atom stereocenters. The minimum Gasteiger partial charge on any atom is -0.336 e. The number of sulfonamides is 1. The van der Waals surface area contributed by atoms with E-state index in [1.807, 2.05) is 24.3 Å². The third-order valence-electron chi connectivity index (χ3n) is 5.84. The summed E-state index contributed by atoms with van der Waals surface area (Å²) in [5.74, 6) is -0.112. The minimum atomic E-state index is -3.66. The van der Waals surface area contributed by atoms with Crippen LogP contribution >= 0.6 is 11.6 Å². The molecule has 4 rings (SSSR count). The Morgan fingerprint density at radius 1 is 0.971 bits per heavy atom. The number of nitrogens with zero attached hydrogens (tertiary/aromatic N) is 4. The minimum absolute atomic E-state index is 0.112.